The van der Waals surface area contributed by atoms with Crippen molar-refractivity contribution in [2.45, 2.75) is 20.3 Å². The SMILES string of the molecule is CCN(CCC#N)c1c(C=O)c(C)nn1C. The molecule has 0 aliphatic rings. The van der Waals surface area contributed by atoms with E-state index in [1.165, 1.54) is 0 Å². The molecule has 5 nitrogen and oxygen atoms in total. The van der Waals surface area contributed by atoms with Gasteiger partial charge in [-0.15, -0.1) is 0 Å². The Kier molecular flexibility index (Phi) is 4.06. The fourth-order valence-corrected chi connectivity index (χ4v) is 1.77. The van der Waals surface area contributed by atoms with E-state index in [4.69, 9.17) is 5.26 Å². The molecule has 1 rings (SSSR count). The van der Waals surface area contributed by atoms with Crippen LogP contribution in [0.5, 0.6) is 0 Å². The fourth-order valence-electron chi connectivity index (χ4n) is 1.77. The molecule has 1 aromatic heterocycles. The van der Waals surface area contributed by atoms with E-state index in [9.17, 15) is 4.79 Å². The van der Waals surface area contributed by atoms with Crippen LogP contribution in [0.3, 0.4) is 0 Å². The Morgan fingerprint density at radius 2 is 2.31 bits per heavy atom. The molecule has 86 valence electrons. The molecule has 0 saturated carbocycles. The van der Waals surface area contributed by atoms with Gasteiger partial charge in [0.15, 0.2) is 6.29 Å². The third-order valence-corrected chi connectivity index (χ3v) is 2.53. The number of hydrogen-bond donors (Lipinski definition) is 0. The second kappa shape index (κ2) is 5.31. The van der Waals surface area contributed by atoms with Gasteiger partial charge in [-0.1, -0.05) is 0 Å². The number of aldehydes is 1. The lowest BCUT2D eigenvalue weighted by atomic mass is 10.2. The topological polar surface area (TPSA) is 61.9 Å². The Morgan fingerprint density at radius 1 is 1.62 bits per heavy atom. The van der Waals surface area contributed by atoms with E-state index >= 15 is 0 Å². The smallest absolute Gasteiger partial charge is 0.155 e. The summed E-state index contributed by atoms with van der Waals surface area (Å²) in [5.74, 6) is 0.797. The summed E-state index contributed by atoms with van der Waals surface area (Å²) in [6.07, 6.45) is 1.27. The maximum absolute atomic E-state index is 11.0. The average Bonchev–Trinajstić information content (AvgIpc) is 2.55. The summed E-state index contributed by atoms with van der Waals surface area (Å²) >= 11 is 0. The molecule has 0 unspecified atom stereocenters. The minimum Gasteiger partial charge on any atom is -0.355 e. The van der Waals surface area contributed by atoms with Crippen LogP contribution < -0.4 is 4.90 Å². The van der Waals surface area contributed by atoms with Crippen LogP contribution in [0.2, 0.25) is 0 Å². The quantitative estimate of drug-likeness (QED) is 0.701. The Morgan fingerprint density at radius 3 is 2.81 bits per heavy atom. The Balaban J connectivity index is 3.08. The summed E-state index contributed by atoms with van der Waals surface area (Å²) in [4.78, 5) is 13.0. The number of rotatable bonds is 5. The number of hydrogen-bond acceptors (Lipinski definition) is 4. The highest BCUT2D eigenvalue weighted by atomic mass is 16.1. The Hall–Kier alpha value is -1.83. The zero-order valence-corrected chi connectivity index (χ0v) is 9.90. The number of anilines is 1. The van der Waals surface area contributed by atoms with Crippen molar-refractivity contribution in [1.82, 2.24) is 9.78 Å². The standard InChI is InChI=1S/C11H16N4O/c1-4-15(7-5-6-12)11-10(8-16)9(2)13-14(11)3/h8H,4-5,7H2,1-3H3. The Labute approximate surface area is 95.3 Å². The van der Waals surface area contributed by atoms with Crippen LogP contribution in [0.25, 0.3) is 0 Å². The third-order valence-electron chi connectivity index (χ3n) is 2.53. The molecule has 0 aliphatic heterocycles. The lowest BCUT2D eigenvalue weighted by molar-refractivity contribution is 0.112. The molecule has 5 heteroatoms. The molecule has 1 heterocycles. The van der Waals surface area contributed by atoms with Crippen LogP contribution in [-0.4, -0.2) is 29.2 Å². The molecular formula is C11H16N4O. The van der Waals surface area contributed by atoms with Gasteiger partial charge in [-0.3, -0.25) is 9.48 Å². The molecule has 16 heavy (non-hydrogen) atoms. The van der Waals surface area contributed by atoms with Crippen LogP contribution in [0.4, 0.5) is 5.82 Å². The lowest BCUT2D eigenvalue weighted by Gasteiger charge is -2.22. The first kappa shape index (κ1) is 12.2. The minimum atomic E-state index is 0.441. The first-order valence-electron chi connectivity index (χ1n) is 5.26. The molecule has 0 atom stereocenters. The summed E-state index contributed by atoms with van der Waals surface area (Å²) in [7, 11) is 1.81. The van der Waals surface area contributed by atoms with E-state index in [0.717, 1.165) is 24.3 Å². The highest BCUT2D eigenvalue weighted by Gasteiger charge is 2.17. The molecule has 0 bridgehead atoms. The average molecular weight is 220 g/mol. The van der Waals surface area contributed by atoms with Crippen LogP contribution in [0.1, 0.15) is 29.4 Å². The lowest BCUT2D eigenvalue weighted by Crippen LogP contribution is -2.27. The van der Waals surface area contributed by atoms with Crippen molar-refractivity contribution < 1.29 is 4.79 Å². The molecule has 0 aromatic carbocycles. The molecule has 0 spiro atoms. The third kappa shape index (κ3) is 2.22. The van der Waals surface area contributed by atoms with Crippen molar-refractivity contribution in [3.8, 4) is 6.07 Å². The van der Waals surface area contributed by atoms with E-state index in [-0.39, 0.29) is 0 Å². The molecule has 0 saturated heterocycles. The van der Waals surface area contributed by atoms with E-state index in [1.807, 2.05) is 25.8 Å². The zero-order valence-electron chi connectivity index (χ0n) is 9.90. The minimum absolute atomic E-state index is 0.441. The summed E-state index contributed by atoms with van der Waals surface area (Å²) in [5, 5.41) is 12.8. The van der Waals surface area contributed by atoms with Crippen molar-refractivity contribution in [2.24, 2.45) is 7.05 Å². The summed E-state index contributed by atoms with van der Waals surface area (Å²) in [6, 6.07) is 2.11. The van der Waals surface area contributed by atoms with E-state index < -0.39 is 0 Å². The predicted molar refractivity (Wildman–Crippen MR) is 61.4 cm³/mol. The van der Waals surface area contributed by atoms with Gasteiger partial charge in [-0.05, 0) is 13.8 Å². The van der Waals surface area contributed by atoms with Crippen molar-refractivity contribution in [1.29, 1.82) is 5.26 Å². The maximum atomic E-state index is 11.0. The number of carbonyl (C=O) groups is 1. The fraction of sp³-hybridized carbons (Fsp3) is 0.545. The largest absolute Gasteiger partial charge is 0.355 e. The van der Waals surface area contributed by atoms with Gasteiger partial charge in [0.1, 0.15) is 5.82 Å². The van der Waals surface area contributed by atoms with Gasteiger partial charge < -0.3 is 4.90 Å². The van der Waals surface area contributed by atoms with Crippen LogP contribution in [-0.2, 0) is 7.05 Å². The van der Waals surface area contributed by atoms with Gasteiger partial charge in [0.2, 0.25) is 0 Å². The number of nitrogens with zero attached hydrogens (tertiary/aromatic N) is 4. The maximum Gasteiger partial charge on any atom is 0.155 e. The first-order chi connectivity index (χ1) is 7.65. The summed E-state index contributed by atoms with van der Waals surface area (Å²) in [5.41, 5.74) is 1.34. The second-order valence-corrected chi connectivity index (χ2v) is 3.55. The summed E-state index contributed by atoms with van der Waals surface area (Å²) in [6.45, 7) is 5.17. The molecule has 0 N–H and O–H groups in total. The molecule has 1 aromatic rings. The monoisotopic (exact) mass is 220 g/mol. The molecule has 0 amide bonds. The highest BCUT2D eigenvalue weighted by Crippen LogP contribution is 2.21. The first-order valence-corrected chi connectivity index (χ1v) is 5.26. The van der Waals surface area contributed by atoms with Crippen LogP contribution in [0, 0.1) is 18.3 Å². The van der Waals surface area contributed by atoms with E-state index in [1.54, 1.807) is 4.68 Å². The highest BCUT2D eigenvalue weighted by molar-refractivity contribution is 5.84. The number of carbonyl (C=O) groups excluding carboxylic acids is 1. The number of aryl methyl sites for hydroxylation is 2. The van der Waals surface area contributed by atoms with E-state index in [2.05, 4.69) is 11.2 Å². The van der Waals surface area contributed by atoms with Gasteiger partial charge in [-0.25, -0.2) is 0 Å². The van der Waals surface area contributed by atoms with Gasteiger partial charge in [0.25, 0.3) is 0 Å². The second-order valence-electron chi connectivity index (χ2n) is 3.55. The molecule has 0 fully saturated rings. The summed E-state index contributed by atoms with van der Waals surface area (Å²) < 4.78 is 1.69. The van der Waals surface area contributed by atoms with Gasteiger partial charge in [0, 0.05) is 20.1 Å². The Bertz CT molecular complexity index is 416. The van der Waals surface area contributed by atoms with Crippen molar-refractivity contribution in [3.05, 3.63) is 11.3 Å². The predicted octanol–water partition coefficient (Wildman–Crippen LogP) is 1.28. The van der Waals surface area contributed by atoms with Crippen molar-refractivity contribution in [2.75, 3.05) is 18.0 Å². The van der Waals surface area contributed by atoms with Gasteiger partial charge >= 0.3 is 0 Å². The van der Waals surface area contributed by atoms with Gasteiger partial charge in [-0.2, -0.15) is 10.4 Å². The molecule has 0 aliphatic carbocycles. The van der Waals surface area contributed by atoms with Crippen molar-refractivity contribution in [3.63, 3.8) is 0 Å². The zero-order chi connectivity index (χ0) is 12.1. The van der Waals surface area contributed by atoms with Gasteiger partial charge in [0.05, 0.1) is 23.7 Å². The number of nitriles is 1. The van der Waals surface area contributed by atoms with Crippen LogP contribution in [0.15, 0.2) is 0 Å². The van der Waals surface area contributed by atoms with E-state index in [0.29, 0.717) is 18.5 Å². The molecule has 0 radical (unpaired) electrons. The normalized spacial score (nSPS) is 9.88. The van der Waals surface area contributed by atoms with Crippen LogP contribution >= 0.6 is 0 Å². The number of aromatic nitrogens is 2. The molecular weight excluding hydrogens is 204 g/mol. The van der Waals surface area contributed by atoms with Crippen molar-refractivity contribution >= 4 is 12.1 Å².